The summed E-state index contributed by atoms with van der Waals surface area (Å²) < 4.78 is 0. The van der Waals surface area contributed by atoms with Crippen LogP contribution in [0.2, 0.25) is 10.0 Å². The fourth-order valence-corrected chi connectivity index (χ4v) is 3.08. The van der Waals surface area contributed by atoms with Crippen LogP contribution in [0.3, 0.4) is 0 Å². The number of carbonyl (C=O) groups is 3. The Balaban J connectivity index is 1.62. The summed E-state index contributed by atoms with van der Waals surface area (Å²) in [6.45, 7) is 0.159. The summed E-state index contributed by atoms with van der Waals surface area (Å²) in [5.74, 6) is -1.71. The van der Waals surface area contributed by atoms with E-state index in [-0.39, 0.29) is 18.9 Å². The Morgan fingerprint density at radius 3 is 2.50 bits per heavy atom. The zero-order chi connectivity index (χ0) is 18.7. The van der Waals surface area contributed by atoms with Gasteiger partial charge in [-0.1, -0.05) is 41.4 Å². The molecule has 2 aromatic carbocycles. The third-order valence-corrected chi connectivity index (χ3v) is 4.58. The van der Waals surface area contributed by atoms with E-state index in [0.29, 0.717) is 21.3 Å². The number of rotatable bonds is 3. The summed E-state index contributed by atoms with van der Waals surface area (Å²) in [5.41, 5.74) is 5.60. The van der Waals surface area contributed by atoms with Crippen LogP contribution in [0.15, 0.2) is 48.5 Å². The van der Waals surface area contributed by atoms with Crippen LogP contribution in [0.4, 0.5) is 5.69 Å². The van der Waals surface area contributed by atoms with E-state index >= 15 is 0 Å². The zero-order valence-corrected chi connectivity index (χ0v) is 15.1. The van der Waals surface area contributed by atoms with Gasteiger partial charge in [-0.05, 0) is 30.3 Å². The van der Waals surface area contributed by atoms with Gasteiger partial charge in [-0.3, -0.25) is 25.2 Å². The molecule has 1 aliphatic heterocycles. The van der Waals surface area contributed by atoms with Crippen molar-refractivity contribution in [1.82, 2.24) is 10.9 Å². The molecule has 0 unspecified atom stereocenters. The Bertz CT molecular complexity index is 858. The standard InChI is InChI=1S/C18H15Cl2N3O3/c19-13-6-7-14(20)15(9-13)23-10-12(8-16(23)24)18(26)22-21-17(25)11-4-2-1-3-5-11/h1-7,9,12H,8,10H2,(H,21,25)(H,22,26)/t12-/m1/s1. The molecular weight excluding hydrogens is 377 g/mol. The molecule has 3 amide bonds. The lowest BCUT2D eigenvalue weighted by Gasteiger charge is -2.18. The third-order valence-electron chi connectivity index (χ3n) is 4.03. The first-order chi connectivity index (χ1) is 12.5. The lowest BCUT2D eigenvalue weighted by molar-refractivity contribution is -0.126. The van der Waals surface area contributed by atoms with Crippen LogP contribution in [-0.2, 0) is 9.59 Å². The van der Waals surface area contributed by atoms with Crippen molar-refractivity contribution in [2.45, 2.75) is 6.42 Å². The van der Waals surface area contributed by atoms with Gasteiger partial charge in [0.15, 0.2) is 0 Å². The van der Waals surface area contributed by atoms with Gasteiger partial charge in [-0.25, -0.2) is 0 Å². The maximum absolute atomic E-state index is 12.3. The molecule has 1 saturated heterocycles. The molecule has 2 aromatic rings. The molecule has 3 rings (SSSR count). The average Bonchev–Trinajstić information content (AvgIpc) is 3.03. The largest absolute Gasteiger partial charge is 0.310 e. The molecule has 0 radical (unpaired) electrons. The number of hydrazine groups is 1. The number of carbonyl (C=O) groups excluding carboxylic acids is 3. The molecule has 0 aromatic heterocycles. The van der Waals surface area contributed by atoms with E-state index in [0.717, 1.165) is 0 Å². The van der Waals surface area contributed by atoms with Crippen LogP contribution in [0.25, 0.3) is 0 Å². The Morgan fingerprint density at radius 2 is 1.77 bits per heavy atom. The van der Waals surface area contributed by atoms with E-state index in [9.17, 15) is 14.4 Å². The molecule has 8 heteroatoms. The van der Waals surface area contributed by atoms with Gasteiger partial charge < -0.3 is 4.90 Å². The fourth-order valence-electron chi connectivity index (χ4n) is 2.69. The quantitative estimate of drug-likeness (QED) is 0.789. The summed E-state index contributed by atoms with van der Waals surface area (Å²) in [5, 5.41) is 0.821. The van der Waals surface area contributed by atoms with E-state index < -0.39 is 17.7 Å². The van der Waals surface area contributed by atoms with Crippen LogP contribution < -0.4 is 15.8 Å². The molecule has 0 saturated carbocycles. The number of hydrogen-bond donors (Lipinski definition) is 2. The number of nitrogens with zero attached hydrogens (tertiary/aromatic N) is 1. The first-order valence-electron chi connectivity index (χ1n) is 7.86. The minimum absolute atomic E-state index is 0.0237. The Kier molecular flexibility index (Phi) is 5.44. The third kappa shape index (κ3) is 3.98. The van der Waals surface area contributed by atoms with Crippen molar-refractivity contribution in [3.05, 3.63) is 64.1 Å². The Hall–Kier alpha value is -2.57. The molecule has 26 heavy (non-hydrogen) atoms. The second-order valence-corrected chi connectivity index (χ2v) is 6.65. The summed E-state index contributed by atoms with van der Waals surface area (Å²) in [7, 11) is 0. The maximum atomic E-state index is 12.3. The van der Waals surface area contributed by atoms with Crippen molar-refractivity contribution in [3.8, 4) is 0 Å². The van der Waals surface area contributed by atoms with Crippen molar-refractivity contribution in [2.24, 2.45) is 5.92 Å². The first-order valence-corrected chi connectivity index (χ1v) is 8.62. The van der Waals surface area contributed by atoms with Crippen LogP contribution in [-0.4, -0.2) is 24.3 Å². The SMILES string of the molecule is O=C(NNC(=O)[C@@H]1CC(=O)N(c2cc(Cl)ccc2Cl)C1)c1ccccc1. The van der Waals surface area contributed by atoms with Gasteiger partial charge in [-0.2, -0.15) is 0 Å². The van der Waals surface area contributed by atoms with E-state index in [1.807, 2.05) is 0 Å². The van der Waals surface area contributed by atoms with Crippen molar-refractivity contribution >= 4 is 46.6 Å². The van der Waals surface area contributed by atoms with Crippen LogP contribution in [0.1, 0.15) is 16.8 Å². The monoisotopic (exact) mass is 391 g/mol. The highest BCUT2D eigenvalue weighted by molar-refractivity contribution is 6.35. The highest BCUT2D eigenvalue weighted by Gasteiger charge is 2.36. The predicted molar refractivity (Wildman–Crippen MR) is 99.0 cm³/mol. The molecule has 6 nitrogen and oxygen atoms in total. The second kappa shape index (κ2) is 7.76. The topological polar surface area (TPSA) is 78.5 Å². The van der Waals surface area contributed by atoms with E-state index in [1.54, 1.807) is 48.5 Å². The number of nitrogens with one attached hydrogen (secondary N) is 2. The molecule has 0 bridgehead atoms. The molecule has 1 fully saturated rings. The zero-order valence-electron chi connectivity index (χ0n) is 13.5. The van der Waals surface area contributed by atoms with Gasteiger partial charge in [-0.15, -0.1) is 0 Å². The predicted octanol–water partition coefficient (Wildman–Crippen LogP) is 2.81. The Labute approximate surface area is 160 Å². The minimum atomic E-state index is -0.603. The summed E-state index contributed by atoms with van der Waals surface area (Å²) >= 11 is 12.1. The number of amides is 3. The van der Waals surface area contributed by atoms with Gasteiger partial charge in [0, 0.05) is 23.6 Å². The van der Waals surface area contributed by atoms with Gasteiger partial charge >= 0.3 is 0 Å². The van der Waals surface area contributed by atoms with Crippen molar-refractivity contribution in [1.29, 1.82) is 0 Å². The number of anilines is 1. The fraction of sp³-hybridized carbons (Fsp3) is 0.167. The van der Waals surface area contributed by atoms with Crippen LogP contribution in [0.5, 0.6) is 0 Å². The highest BCUT2D eigenvalue weighted by Crippen LogP contribution is 2.33. The summed E-state index contributed by atoms with van der Waals surface area (Å²) in [4.78, 5) is 38.0. The smallest absolute Gasteiger partial charge is 0.269 e. The van der Waals surface area contributed by atoms with Gasteiger partial charge in [0.2, 0.25) is 11.8 Å². The molecule has 1 heterocycles. The lowest BCUT2D eigenvalue weighted by atomic mass is 10.1. The second-order valence-electron chi connectivity index (χ2n) is 5.81. The first kappa shape index (κ1) is 18.2. The van der Waals surface area contributed by atoms with E-state index in [2.05, 4.69) is 10.9 Å². The summed E-state index contributed by atoms with van der Waals surface area (Å²) in [6.07, 6.45) is 0.0237. The van der Waals surface area contributed by atoms with E-state index in [4.69, 9.17) is 23.2 Å². The van der Waals surface area contributed by atoms with Crippen LogP contribution in [0, 0.1) is 5.92 Å². The molecule has 0 spiro atoms. The van der Waals surface area contributed by atoms with Gasteiger partial charge in [0.25, 0.3) is 5.91 Å². The molecule has 1 aliphatic rings. The van der Waals surface area contributed by atoms with Crippen molar-refractivity contribution < 1.29 is 14.4 Å². The van der Waals surface area contributed by atoms with E-state index in [1.165, 1.54) is 4.90 Å². The highest BCUT2D eigenvalue weighted by atomic mass is 35.5. The number of hydrogen-bond acceptors (Lipinski definition) is 3. The summed E-state index contributed by atoms with van der Waals surface area (Å²) in [6, 6.07) is 13.3. The molecule has 1 atom stereocenters. The lowest BCUT2D eigenvalue weighted by Crippen LogP contribution is -2.45. The molecule has 2 N–H and O–H groups in total. The molecule has 134 valence electrons. The molecular formula is C18H15Cl2N3O3. The normalized spacial score (nSPS) is 16.5. The van der Waals surface area contributed by atoms with Crippen molar-refractivity contribution in [2.75, 3.05) is 11.4 Å². The van der Waals surface area contributed by atoms with Crippen LogP contribution >= 0.6 is 23.2 Å². The van der Waals surface area contributed by atoms with Gasteiger partial charge in [0.1, 0.15) is 0 Å². The average molecular weight is 392 g/mol. The molecule has 0 aliphatic carbocycles. The maximum Gasteiger partial charge on any atom is 0.269 e. The van der Waals surface area contributed by atoms with Crippen molar-refractivity contribution in [3.63, 3.8) is 0 Å². The van der Waals surface area contributed by atoms with Gasteiger partial charge in [0.05, 0.1) is 16.6 Å². The number of benzene rings is 2. The minimum Gasteiger partial charge on any atom is -0.310 e. The Morgan fingerprint density at radius 1 is 1.04 bits per heavy atom. The number of halogens is 2.